The van der Waals surface area contributed by atoms with Crippen LogP contribution in [-0.2, 0) is 16.1 Å². The number of benzene rings is 1. The second-order valence-electron chi connectivity index (χ2n) is 6.89. The van der Waals surface area contributed by atoms with E-state index in [1.807, 2.05) is 0 Å². The molecule has 160 valence electrons. The van der Waals surface area contributed by atoms with E-state index < -0.39 is 42.9 Å². The molecule has 2 amide bonds. The number of nitrogens with zero attached hydrogens (tertiary/aromatic N) is 3. The first-order valence-electron chi connectivity index (χ1n) is 9.10. The molecule has 9 nitrogen and oxygen atoms in total. The Labute approximate surface area is 168 Å². The highest BCUT2D eigenvalue weighted by Gasteiger charge is 2.42. The SMILES string of the molecule is CC(Nc1ccc2c(c1F)OCCn1cc(N3C(=O)OC[C@H]3C(F)F)nc1-2)C(N)=O. The van der Waals surface area contributed by atoms with Gasteiger partial charge in [0.25, 0.3) is 6.43 Å². The third-order valence-corrected chi connectivity index (χ3v) is 4.92. The maximum atomic E-state index is 15.0. The van der Waals surface area contributed by atoms with E-state index in [4.69, 9.17) is 15.2 Å². The van der Waals surface area contributed by atoms with Gasteiger partial charge in [0.1, 0.15) is 31.1 Å². The van der Waals surface area contributed by atoms with Gasteiger partial charge in [0, 0.05) is 6.20 Å². The number of carbonyl (C=O) groups is 2. The molecule has 0 radical (unpaired) electrons. The van der Waals surface area contributed by atoms with Gasteiger partial charge in [-0.05, 0) is 19.1 Å². The Kier molecular flexibility index (Phi) is 4.92. The number of amides is 2. The Morgan fingerprint density at radius 2 is 2.13 bits per heavy atom. The van der Waals surface area contributed by atoms with E-state index in [1.165, 1.54) is 25.3 Å². The Morgan fingerprint density at radius 1 is 1.37 bits per heavy atom. The summed E-state index contributed by atoms with van der Waals surface area (Å²) in [6.45, 7) is 1.37. The summed E-state index contributed by atoms with van der Waals surface area (Å²) in [5, 5.41) is 2.67. The number of nitrogens with two attached hydrogens (primary N) is 1. The highest BCUT2D eigenvalue weighted by Crippen LogP contribution is 2.39. The number of carbonyl (C=O) groups excluding carboxylic acids is 2. The number of fused-ring (bicyclic) bond motifs is 3. The number of hydrogen-bond donors (Lipinski definition) is 2. The molecule has 1 fully saturated rings. The average Bonchev–Trinajstić information content (AvgIpc) is 3.23. The van der Waals surface area contributed by atoms with Gasteiger partial charge >= 0.3 is 6.09 Å². The number of alkyl halides is 2. The molecule has 1 aromatic carbocycles. The van der Waals surface area contributed by atoms with Gasteiger partial charge in [0.15, 0.2) is 17.4 Å². The molecule has 0 spiro atoms. The minimum absolute atomic E-state index is 0.0150. The monoisotopic (exact) mass is 425 g/mol. The predicted molar refractivity (Wildman–Crippen MR) is 99.0 cm³/mol. The Balaban J connectivity index is 1.73. The van der Waals surface area contributed by atoms with Crippen LogP contribution in [0.15, 0.2) is 18.3 Å². The number of ether oxygens (including phenoxy) is 2. The van der Waals surface area contributed by atoms with Crippen molar-refractivity contribution in [2.75, 3.05) is 23.4 Å². The van der Waals surface area contributed by atoms with Crippen molar-refractivity contribution in [2.24, 2.45) is 5.73 Å². The van der Waals surface area contributed by atoms with Gasteiger partial charge in [0.05, 0.1) is 17.8 Å². The van der Waals surface area contributed by atoms with Gasteiger partial charge in [-0.15, -0.1) is 0 Å². The van der Waals surface area contributed by atoms with Crippen LogP contribution in [0.1, 0.15) is 6.92 Å². The molecule has 0 bridgehead atoms. The number of anilines is 2. The second kappa shape index (κ2) is 7.43. The van der Waals surface area contributed by atoms with Crippen LogP contribution in [0.3, 0.4) is 0 Å². The predicted octanol–water partition coefficient (Wildman–Crippen LogP) is 1.96. The lowest BCUT2D eigenvalue weighted by Gasteiger charge is -2.18. The zero-order valence-electron chi connectivity index (χ0n) is 15.8. The number of aromatic nitrogens is 2. The maximum absolute atomic E-state index is 15.0. The molecule has 12 heteroatoms. The van der Waals surface area contributed by atoms with Crippen LogP contribution in [0.5, 0.6) is 5.75 Å². The van der Waals surface area contributed by atoms with E-state index >= 15 is 4.39 Å². The number of imidazole rings is 1. The van der Waals surface area contributed by atoms with E-state index in [-0.39, 0.29) is 41.8 Å². The molecule has 2 atom stereocenters. The molecule has 1 unspecified atom stereocenters. The standard InChI is InChI=1S/C18H18F3N5O4/c1-8(16(22)27)23-10-3-2-9-14(13(10)19)29-5-4-25-6-12(24-17(9)25)26-11(15(20)21)7-30-18(26)28/h2-3,6,8,11,15,23H,4-5,7H2,1H3,(H2,22,27)/t8?,11-/m0/s1. The minimum atomic E-state index is -2.81. The lowest BCUT2D eigenvalue weighted by atomic mass is 10.1. The molecular formula is C18H18F3N5O4. The molecule has 3 N–H and O–H groups in total. The van der Waals surface area contributed by atoms with Crippen molar-refractivity contribution in [3.8, 4) is 17.1 Å². The molecule has 4 rings (SSSR count). The second-order valence-corrected chi connectivity index (χ2v) is 6.89. The Hall–Kier alpha value is -3.44. The summed E-state index contributed by atoms with van der Waals surface area (Å²) in [5.74, 6) is -1.28. The first kappa shape index (κ1) is 19.9. The zero-order chi connectivity index (χ0) is 21.6. The summed E-state index contributed by atoms with van der Waals surface area (Å²) in [6.07, 6.45) is -2.31. The van der Waals surface area contributed by atoms with Crippen molar-refractivity contribution < 1.29 is 32.2 Å². The highest BCUT2D eigenvalue weighted by atomic mass is 19.3. The van der Waals surface area contributed by atoms with Crippen LogP contribution in [0.2, 0.25) is 0 Å². The quantitative estimate of drug-likeness (QED) is 0.758. The van der Waals surface area contributed by atoms with Gasteiger partial charge in [-0.3, -0.25) is 4.79 Å². The van der Waals surface area contributed by atoms with Crippen LogP contribution in [0.25, 0.3) is 11.4 Å². The molecule has 3 heterocycles. The third kappa shape index (κ3) is 3.27. The van der Waals surface area contributed by atoms with Crippen molar-refractivity contribution in [1.82, 2.24) is 9.55 Å². The van der Waals surface area contributed by atoms with Gasteiger partial charge < -0.3 is 25.1 Å². The van der Waals surface area contributed by atoms with Crippen molar-refractivity contribution in [2.45, 2.75) is 32.0 Å². The van der Waals surface area contributed by atoms with Crippen molar-refractivity contribution in [3.05, 3.63) is 24.1 Å². The molecule has 2 aromatic rings. The molecule has 1 saturated heterocycles. The fourth-order valence-electron chi connectivity index (χ4n) is 3.32. The van der Waals surface area contributed by atoms with Crippen LogP contribution >= 0.6 is 0 Å². The summed E-state index contributed by atoms with van der Waals surface area (Å²) in [4.78, 5) is 28.3. The van der Waals surface area contributed by atoms with Gasteiger partial charge in [-0.1, -0.05) is 0 Å². The van der Waals surface area contributed by atoms with E-state index in [9.17, 15) is 18.4 Å². The molecule has 1 aromatic heterocycles. The van der Waals surface area contributed by atoms with Crippen molar-refractivity contribution in [1.29, 1.82) is 0 Å². The molecule has 0 saturated carbocycles. The van der Waals surface area contributed by atoms with Crippen LogP contribution in [0, 0.1) is 5.82 Å². The van der Waals surface area contributed by atoms with Crippen molar-refractivity contribution >= 4 is 23.5 Å². The maximum Gasteiger partial charge on any atom is 0.416 e. The van der Waals surface area contributed by atoms with E-state index in [0.29, 0.717) is 0 Å². The smallest absolute Gasteiger partial charge is 0.416 e. The molecule has 30 heavy (non-hydrogen) atoms. The Bertz CT molecular complexity index is 1010. The molecular weight excluding hydrogens is 407 g/mol. The number of hydrogen-bond acceptors (Lipinski definition) is 6. The van der Waals surface area contributed by atoms with Crippen LogP contribution in [0.4, 0.5) is 29.5 Å². The van der Waals surface area contributed by atoms with Gasteiger partial charge in [0.2, 0.25) is 5.91 Å². The van der Waals surface area contributed by atoms with Crippen LogP contribution in [-0.4, -0.2) is 53.3 Å². The summed E-state index contributed by atoms with van der Waals surface area (Å²) in [5.41, 5.74) is 5.49. The minimum Gasteiger partial charge on any atom is -0.488 e. The fraction of sp³-hybridized carbons (Fsp3) is 0.389. The van der Waals surface area contributed by atoms with E-state index in [1.54, 1.807) is 4.57 Å². The first-order chi connectivity index (χ1) is 14.3. The normalized spacial score (nSPS) is 18.9. The Morgan fingerprint density at radius 3 is 2.83 bits per heavy atom. The largest absolute Gasteiger partial charge is 0.488 e. The topological polar surface area (TPSA) is 112 Å². The van der Waals surface area contributed by atoms with Crippen molar-refractivity contribution in [3.63, 3.8) is 0 Å². The summed E-state index contributed by atoms with van der Waals surface area (Å²) < 4.78 is 53.4. The lowest BCUT2D eigenvalue weighted by Crippen LogP contribution is -2.38. The number of rotatable bonds is 5. The fourth-order valence-corrected chi connectivity index (χ4v) is 3.32. The average molecular weight is 425 g/mol. The third-order valence-electron chi connectivity index (χ3n) is 4.92. The van der Waals surface area contributed by atoms with Crippen LogP contribution < -0.4 is 20.7 Å². The van der Waals surface area contributed by atoms with Gasteiger partial charge in [-0.2, -0.15) is 0 Å². The zero-order valence-corrected chi connectivity index (χ0v) is 15.8. The highest BCUT2D eigenvalue weighted by molar-refractivity contribution is 5.90. The lowest BCUT2D eigenvalue weighted by molar-refractivity contribution is -0.118. The molecule has 2 aliphatic rings. The summed E-state index contributed by atoms with van der Waals surface area (Å²) in [6, 6.07) is 0.651. The van der Waals surface area contributed by atoms with Gasteiger partial charge in [-0.25, -0.2) is 27.8 Å². The number of nitrogens with one attached hydrogen (secondary N) is 1. The van der Waals surface area contributed by atoms with E-state index in [0.717, 1.165) is 4.90 Å². The number of primary amides is 1. The molecule has 0 aliphatic carbocycles. The first-order valence-corrected chi connectivity index (χ1v) is 9.10. The summed E-state index contributed by atoms with van der Waals surface area (Å²) in [7, 11) is 0. The number of cyclic esters (lactones) is 1. The van der Waals surface area contributed by atoms with E-state index in [2.05, 4.69) is 10.3 Å². The molecule has 2 aliphatic heterocycles. The number of halogens is 3. The summed E-state index contributed by atoms with van der Waals surface area (Å²) >= 11 is 0.